The normalized spacial score (nSPS) is 14.4. The van der Waals surface area contributed by atoms with Crippen molar-refractivity contribution in [3.63, 3.8) is 0 Å². The van der Waals surface area contributed by atoms with E-state index in [1.165, 1.54) is 6.92 Å². The number of ketones is 1. The lowest BCUT2D eigenvalue weighted by Gasteiger charge is -2.22. The smallest absolute Gasteiger partial charge is 0.321 e. The highest BCUT2D eigenvalue weighted by atomic mass is 35.5. The zero-order chi connectivity index (χ0) is 20.1. The third-order valence-electron chi connectivity index (χ3n) is 4.70. The van der Waals surface area contributed by atoms with Crippen molar-refractivity contribution in [1.82, 2.24) is 9.80 Å². The number of carbonyl (C=O) groups excluding carboxylic acids is 3. The number of benzene rings is 2. The minimum Gasteiger partial charge on any atom is -0.337 e. The van der Waals surface area contributed by atoms with Crippen molar-refractivity contribution in [3.05, 3.63) is 64.7 Å². The van der Waals surface area contributed by atoms with Crippen molar-refractivity contribution < 1.29 is 14.4 Å². The van der Waals surface area contributed by atoms with Crippen molar-refractivity contribution in [2.24, 2.45) is 0 Å². The van der Waals surface area contributed by atoms with Crippen LogP contribution in [0.25, 0.3) is 0 Å². The number of carbonyl (C=O) groups is 3. The topological polar surface area (TPSA) is 69.7 Å². The van der Waals surface area contributed by atoms with Gasteiger partial charge in [0.25, 0.3) is 5.91 Å². The summed E-state index contributed by atoms with van der Waals surface area (Å²) in [5, 5.41) is 3.46. The van der Waals surface area contributed by atoms with Crippen molar-refractivity contribution in [1.29, 1.82) is 0 Å². The summed E-state index contributed by atoms with van der Waals surface area (Å²) in [6.45, 7) is 3.57. The average Bonchev–Trinajstić information content (AvgIpc) is 2.95. The molecule has 7 heteroatoms. The summed E-state index contributed by atoms with van der Waals surface area (Å²) < 4.78 is 0. The van der Waals surface area contributed by atoms with Gasteiger partial charge in [-0.05, 0) is 49.7 Å². The van der Waals surface area contributed by atoms with E-state index in [1.54, 1.807) is 58.3 Å². The van der Waals surface area contributed by atoms with E-state index < -0.39 is 0 Å². The Hall–Kier alpha value is -2.86. The van der Waals surface area contributed by atoms with E-state index in [0.29, 0.717) is 54.4 Å². The molecule has 0 radical (unpaired) electrons. The number of hydrogen-bond donors (Lipinski definition) is 1. The Labute approximate surface area is 169 Å². The fraction of sp³-hybridized carbons (Fsp3) is 0.286. The Balaban J connectivity index is 1.59. The maximum absolute atomic E-state index is 12.7. The minimum absolute atomic E-state index is 0.0314. The predicted molar refractivity (Wildman–Crippen MR) is 109 cm³/mol. The molecule has 1 aliphatic heterocycles. The molecule has 0 aliphatic carbocycles. The predicted octanol–water partition coefficient (Wildman–Crippen LogP) is 3.92. The molecule has 0 atom stereocenters. The monoisotopic (exact) mass is 399 g/mol. The van der Waals surface area contributed by atoms with Gasteiger partial charge in [0, 0.05) is 48.0 Å². The van der Waals surface area contributed by atoms with Crippen LogP contribution >= 0.6 is 11.6 Å². The van der Waals surface area contributed by atoms with Crippen molar-refractivity contribution >= 4 is 35.0 Å². The second-order valence-electron chi connectivity index (χ2n) is 6.70. The van der Waals surface area contributed by atoms with E-state index in [0.717, 1.165) is 0 Å². The zero-order valence-corrected chi connectivity index (χ0v) is 16.4. The number of amides is 3. The van der Waals surface area contributed by atoms with E-state index >= 15 is 0 Å². The van der Waals surface area contributed by atoms with Gasteiger partial charge in [-0.25, -0.2) is 4.79 Å². The number of anilines is 1. The van der Waals surface area contributed by atoms with E-state index in [9.17, 15) is 14.4 Å². The average molecular weight is 400 g/mol. The molecule has 1 fully saturated rings. The standard InChI is InChI=1S/C21H22ClN3O3/c1-15(26)16-3-5-17(6-4-16)20(27)24-11-2-12-25(14-13-24)21(28)23-19-9-7-18(22)8-10-19/h3-10H,2,11-14H2,1H3,(H,23,28). The van der Waals surface area contributed by atoms with Crippen molar-refractivity contribution in [2.75, 3.05) is 31.5 Å². The van der Waals surface area contributed by atoms with Crippen LogP contribution in [-0.4, -0.2) is 53.7 Å². The first-order valence-corrected chi connectivity index (χ1v) is 9.53. The van der Waals surface area contributed by atoms with Gasteiger partial charge in [-0.3, -0.25) is 9.59 Å². The van der Waals surface area contributed by atoms with Crippen LogP contribution in [0.5, 0.6) is 0 Å². The molecule has 28 heavy (non-hydrogen) atoms. The van der Waals surface area contributed by atoms with Gasteiger partial charge >= 0.3 is 6.03 Å². The largest absolute Gasteiger partial charge is 0.337 e. The minimum atomic E-state index is -0.192. The molecule has 0 spiro atoms. The molecule has 1 N–H and O–H groups in total. The third kappa shape index (κ3) is 4.89. The number of nitrogens with one attached hydrogen (secondary N) is 1. The van der Waals surface area contributed by atoms with Gasteiger partial charge in [-0.2, -0.15) is 0 Å². The van der Waals surface area contributed by atoms with Crippen LogP contribution in [0.15, 0.2) is 48.5 Å². The molecule has 1 aliphatic rings. The first kappa shape index (κ1) is 19.9. The Bertz CT molecular complexity index is 865. The molecule has 2 aromatic rings. The SMILES string of the molecule is CC(=O)c1ccc(C(=O)N2CCCN(C(=O)Nc3ccc(Cl)cc3)CC2)cc1. The maximum atomic E-state index is 12.7. The summed E-state index contributed by atoms with van der Waals surface area (Å²) >= 11 is 5.86. The lowest BCUT2D eigenvalue weighted by molar-refractivity contribution is 0.0762. The molecule has 0 unspecified atom stereocenters. The van der Waals surface area contributed by atoms with Gasteiger partial charge in [-0.15, -0.1) is 0 Å². The third-order valence-corrected chi connectivity index (χ3v) is 4.96. The van der Waals surface area contributed by atoms with E-state index in [1.807, 2.05) is 0 Å². The number of halogens is 1. The fourth-order valence-electron chi connectivity index (χ4n) is 3.09. The molecule has 0 bridgehead atoms. The molecule has 0 aromatic heterocycles. The molecular weight excluding hydrogens is 378 g/mol. The summed E-state index contributed by atoms with van der Waals surface area (Å²) in [5.41, 5.74) is 1.80. The molecule has 3 rings (SSSR count). The van der Waals surface area contributed by atoms with Gasteiger partial charge in [-0.1, -0.05) is 23.7 Å². The van der Waals surface area contributed by atoms with Gasteiger partial charge in [0.15, 0.2) is 5.78 Å². The molecule has 146 valence electrons. The Morgan fingerprint density at radius 3 is 2.04 bits per heavy atom. The highest BCUT2D eigenvalue weighted by Crippen LogP contribution is 2.15. The van der Waals surface area contributed by atoms with Crippen LogP contribution in [0.3, 0.4) is 0 Å². The fourth-order valence-corrected chi connectivity index (χ4v) is 3.22. The molecular formula is C21H22ClN3O3. The summed E-state index contributed by atoms with van der Waals surface area (Å²) in [6, 6.07) is 13.4. The lowest BCUT2D eigenvalue weighted by Crippen LogP contribution is -2.39. The number of hydrogen-bond acceptors (Lipinski definition) is 3. The van der Waals surface area contributed by atoms with Crippen LogP contribution in [0.2, 0.25) is 5.02 Å². The van der Waals surface area contributed by atoms with Crippen LogP contribution in [0, 0.1) is 0 Å². The van der Waals surface area contributed by atoms with Crippen molar-refractivity contribution in [3.8, 4) is 0 Å². The summed E-state index contributed by atoms with van der Waals surface area (Å²) in [4.78, 5) is 40.1. The second kappa shape index (κ2) is 8.89. The Morgan fingerprint density at radius 1 is 0.821 bits per heavy atom. The van der Waals surface area contributed by atoms with Gasteiger partial charge in [0.05, 0.1) is 0 Å². The first-order valence-electron chi connectivity index (χ1n) is 9.16. The molecule has 1 saturated heterocycles. The van der Waals surface area contributed by atoms with E-state index in [4.69, 9.17) is 11.6 Å². The quantitative estimate of drug-likeness (QED) is 0.795. The Morgan fingerprint density at radius 2 is 1.39 bits per heavy atom. The van der Waals surface area contributed by atoms with Crippen LogP contribution in [0.4, 0.5) is 10.5 Å². The van der Waals surface area contributed by atoms with E-state index in [-0.39, 0.29) is 17.7 Å². The van der Waals surface area contributed by atoms with Gasteiger partial charge in [0.1, 0.15) is 0 Å². The molecule has 2 aromatic carbocycles. The number of rotatable bonds is 3. The molecule has 6 nitrogen and oxygen atoms in total. The summed E-state index contributed by atoms with van der Waals surface area (Å²) in [6.07, 6.45) is 0.700. The summed E-state index contributed by atoms with van der Waals surface area (Å²) in [5.74, 6) is -0.119. The lowest BCUT2D eigenvalue weighted by atomic mass is 10.1. The highest BCUT2D eigenvalue weighted by Gasteiger charge is 2.23. The van der Waals surface area contributed by atoms with E-state index in [2.05, 4.69) is 5.32 Å². The van der Waals surface area contributed by atoms with Gasteiger partial charge < -0.3 is 15.1 Å². The highest BCUT2D eigenvalue weighted by molar-refractivity contribution is 6.30. The van der Waals surface area contributed by atoms with Crippen molar-refractivity contribution in [2.45, 2.75) is 13.3 Å². The van der Waals surface area contributed by atoms with Gasteiger partial charge in [0.2, 0.25) is 0 Å². The summed E-state index contributed by atoms with van der Waals surface area (Å²) in [7, 11) is 0. The maximum Gasteiger partial charge on any atom is 0.321 e. The molecule has 0 saturated carbocycles. The zero-order valence-electron chi connectivity index (χ0n) is 15.7. The van der Waals surface area contributed by atoms with Crippen LogP contribution < -0.4 is 5.32 Å². The number of Topliss-reactive ketones (excluding diaryl/α,β-unsaturated/α-hetero) is 1. The number of urea groups is 1. The molecule has 1 heterocycles. The number of nitrogens with zero attached hydrogens (tertiary/aromatic N) is 2. The van der Waals surface area contributed by atoms with Crippen LogP contribution in [0.1, 0.15) is 34.1 Å². The molecule has 3 amide bonds. The first-order chi connectivity index (χ1) is 13.4. The Kier molecular flexibility index (Phi) is 6.31. The van der Waals surface area contributed by atoms with Crippen LogP contribution in [-0.2, 0) is 0 Å². The second-order valence-corrected chi connectivity index (χ2v) is 7.14.